The SMILES string of the molecule is O=C(NCCc1cnc[nH]1)c1ccc2nc(NS(=O)(=O)c3ccc(F)cc3)sc2c1. The Labute approximate surface area is 175 Å². The number of hydrogen-bond acceptors (Lipinski definition) is 6. The number of aromatic amines is 1. The van der Waals surface area contributed by atoms with E-state index in [0.717, 1.165) is 29.2 Å². The van der Waals surface area contributed by atoms with Crippen LogP contribution in [0.3, 0.4) is 0 Å². The Kier molecular flexibility index (Phi) is 5.46. The predicted molar refractivity (Wildman–Crippen MR) is 111 cm³/mol. The summed E-state index contributed by atoms with van der Waals surface area (Å²) in [6.07, 6.45) is 3.91. The summed E-state index contributed by atoms with van der Waals surface area (Å²) in [6.45, 7) is 0.449. The molecular formula is C19H16FN5O3S2. The van der Waals surface area contributed by atoms with E-state index in [1.807, 2.05) is 0 Å². The highest BCUT2D eigenvalue weighted by Crippen LogP contribution is 2.28. The van der Waals surface area contributed by atoms with Gasteiger partial charge in [-0.3, -0.25) is 9.52 Å². The lowest BCUT2D eigenvalue weighted by atomic mass is 10.2. The highest BCUT2D eigenvalue weighted by molar-refractivity contribution is 7.93. The van der Waals surface area contributed by atoms with Crippen molar-refractivity contribution < 1.29 is 17.6 Å². The zero-order valence-electron chi connectivity index (χ0n) is 15.4. The van der Waals surface area contributed by atoms with E-state index in [1.54, 1.807) is 30.7 Å². The Morgan fingerprint density at radius 2 is 1.97 bits per heavy atom. The zero-order valence-corrected chi connectivity index (χ0v) is 17.1. The second-order valence-corrected chi connectivity index (χ2v) is 9.06. The fourth-order valence-corrected chi connectivity index (χ4v) is 4.87. The third-order valence-electron chi connectivity index (χ3n) is 4.23. The van der Waals surface area contributed by atoms with Gasteiger partial charge in [-0.15, -0.1) is 0 Å². The Morgan fingerprint density at radius 3 is 2.70 bits per heavy atom. The summed E-state index contributed by atoms with van der Waals surface area (Å²) in [4.78, 5) is 23.4. The van der Waals surface area contributed by atoms with Gasteiger partial charge in [0, 0.05) is 30.4 Å². The molecule has 0 aliphatic carbocycles. The third kappa shape index (κ3) is 4.47. The summed E-state index contributed by atoms with van der Waals surface area (Å²) in [5, 5.41) is 2.99. The molecule has 0 aliphatic rings. The highest BCUT2D eigenvalue weighted by atomic mass is 32.2. The molecule has 2 heterocycles. The molecular weight excluding hydrogens is 429 g/mol. The van der Waals surface area contributed by atoms with E-state index in [0.29, 0.717) is 28.7 Å². The number of H-pyrrole nitrogens is 1. The minimum absolute atomic E-state index is 0.0690. The molecule has 11 heteroatoms. The minimum Gasteiger partial charge on any atom is -0.352 e. The van der Waals surface area contributed by atoms with Crippen molar-refractivity contribution in [3.05, 3.63) is 72.1 Å². The van der Waals surface area contributed by atoms with Gasteiger partial charge >= 0.3 is 0 Å². The van der Waals surface area contributed by atoms with Gasteiger partial charge in [0.05, 0.1) is 21.4 Å². The summed E-state index contributed by atoms with van der Waals surface area (Å²) >= 11 is 1.11. The molecule has 0 radical (unpaired) electrons. The van der Waals surface area contributed by atoms with Crippen LogP contribution in [-0.4, -0.2) is 35.8 Å². The summed E-state index contributed by atoms with van der Waals surface area (Å²) in [7, 11) is -3.89. The second kappa shape index (κ2) is 8.20. The Bertz CT molecular complexity index is 1290. The van der Waals surface area contributed by atoms with Gasteiger partial charge in [0.1, 0.15) is 5.82 Å². The maximum absolute atomic E-state index is 13.0. The molecule has 4 rings (SSSR count). The number of rotatable bonds is 7. The van der Waals surface area contributed by atoms with Crippen LogP contribution in [0.2, 0.25) is 0 Å². The van der Waals surface area contributed by atoms with Gasteiger partial charge in [0.2, 0.25) is 0 Å². The van der Waals surface area contributed by atoms with Gasteiger partial charge in [-0.2, -0.15) is 0 Å². The lowest BCUT2D eigenvalue weighted by molar-refractivity contribution is 0.0954. The molecule has 0 aliphatic heterocycles. The molecule has 1 amide bonds. The van der Waals surface area contributed by atoms with Crippen LogP contribution in [0.15, 0.2) is 59.9 Å². The molecule has 0 atom stereocenters. The molecule has 0 spiro atoms. The van der Waals surface area contributed by atoms with Gasteiger partial charge < -0.3 is 10.3 Å². The lowest BCUT2D eigenvalue weighted by Crippen LogP contribution is -2.25. The molecule has 0 saturated heterocycles. The number of fused-ring (bicyclic) bond motifs is 1. The number of imidazole rings is 1. The maximum Gasteiger partial charge on any atom is 0.263 e. The van der Waals surface area contributed by atoms with Crippen molar-refractivity contribution in [2.24, 2.45) is 0 Å². The standard InChI is InChI=1S/C19H16FN5O3S2/c20-13-2-4-15(5-3-13)30(27,28)25-19-24-16-6-1-12(9-17(16)29-19)18(26)22-8-7-14-10-21-11-23-14/h1-6,9-11H,7-8H2,(H,21,23)(H,22,26)(H,24,25). The van der Waals surface area contributed by atoms with Gasteiger partial charge in [0.15, 0.2) is 5.13 Å². The van der Waals surface area contributed by atoms with E-state index < -0.39 is 15.8 Å². The number of nitrogens with zero attached hydrogens (tertiary/aromatic N) is 2. The van der Waals surface area contributed by atoms with Gasteiger partial charge in [-0.25, -0.2) is 22.8 Å². The van der Waals surface area contributed by atoms with Crippen molar-refractivity contribution in [1.29, 1.82) is 0 Å². The molecule has 4 aromatic rings. The third-order valence-corrected chi connectivity index (χ3v) is 6.65. The van der Waals surface area contributed by atoms with Gasteiger partial charge in [0.25, 0.3) is 15.9 Å². The first-order valence-corrected chi connectivity index (χ1v) is 11.2. The molecule has 2 aromatic heterocycles. The van der Waals surface area contributed by atoms with Crippen LogP contribution >= 0.6 is 11.3 Å². The zero-order chi connectivity index (χ0) is 21.1. The van der Waals surface area contributed by atoms with Crippen molar-refractivity contribution in [2.45, 2.75) is 11.3 Å². The molecule has 0 bridgehead atoms. The number of carbonyl (C=O) groups excluding carboxylic acids is 1. The quantitative estimate of drug-likeness (QED) is 0.404. The molecule has 0 unspecified atom stereocenters. The topological polar surface area (TPSA) is 117 Å². The van der Waals surface area contributed by atoms with E-state index in [2.05, 4.69) is 25.0 Å². The van der Waals surface area contributed by atoms with Gasteiger partial charge in [-0.05, 0) is 42.5 Å². The van der Waals surface area contributed by atoms with E-state index in [-0.39, 0.29) is 15.9 Å². The van der Waals surface area contributed by atoms with Crippen LogP contribution in [0.25, 0.3) is 10.2 Å². The average molecular weight is 446 g/mol. The van der Waals surface area contributed by atoms with Crippen molar-refractivity contribution in [3.63, 3.8) is 0 Å². The fourth-order valence-electron chi connectivity index (χ4n) is 2.73. The number of aromatic nitrogens is 3. The summed E-state index contributed by atoms with van der Waals surface area (Å²) < 4.78 is 41.0. The summed E-state index contributed by atoms with van der Waals surface area (Å²) in [5.41, 5.74) is 1.93. The van der Waals surface area contributed by atoms with E-state index >= 15 is 0 Å². The second-order valence-electron chi connectivity index (χ2n) is 6.34. The van der Waals surface area contributed by atoms with Crippen molar-refractivity contribution in [3.8, 4) is 0 Å². The highest BCUT2D eigenvalue weighted by Gasteiger charge is 2.17. The minimum atomic E-state index is -3.89. The van der Waals surface area contributed by atoms with Crippen molar-refractivity contribution in [1.82, 2.24) is 20.3 Å². The first-order valence-electron chi connectivity index (χ1n) is 8.85. The van der Waals surface area contributed by atoms with Crippen LogP contribution in [0.1, 0.15) is 16.1 Å². The van der Waals surface area contributed by atoms with Gasteiger partial charge in [-0.1, -0.05) is 11.3 Å². The van der Waals surface area contributed by atoms with Crippen LogP contribution in [0.5, 0.6) is 0 Å². The number of carbonyl (C=O) groups is 1. The summed E-state index contributed by atoms with van der Waals surface area (Å²) in [5.74, 6) is -0.762. The molecule has 8 nitrogen and oxygen atoms in total. The number of hydrogen-bond donors (Lipinski definition) is 3. The van der Waals surface area contributed by atoms with Crippen LogP contribution in [-0.2, 0) is 16.4 Å². The van der Waals surface area contributed by atoms with E-state index in [1.165, 1.54) is 12.1 Å². The molecule has 154 valence electrons. The molecule has 0 saturated carbocycles. The Hall–Kier alpha value is -3.31. The average Bonchev–Trinajstić information content (AvgIpc) is 3.36. The molecule has 30 heavy (non-hydrogen) atoms. The monoisotopic (exact) mass is 445 g/mol. The smallest absolute Gasteiger partial charge is 0.263 e. The van der Waals surface area contributed by atoms with Crippen molar-refractivity contribution in [2.75, 3.05) is 11.3 Å². The molecule has 0 fully saturated rings. The first-order chi connectivity index (χ1) is 14.4. The maximum atomic E-state index is 13.0. The number of anilines is 1. The fraction of sp³-hybridized carbons (Fsp3) is 0.105. The summed E-state index contributed by atoms with van der Waals surface area (Å²) in [6, 6.07) is 9.45. The number of nitrogens with one attached hydrogen (secondary N) is 3. The number of thiazole rings is 1. The van der Waals surface area contributed by atoms with E-state index in [4.69, 9.17) is 0 Å². The number of sulfonamides is 1. The predicted octanol–water partition coefficient (Wildman–Crippen LogP) is 2.93. The van der Waals surface area contributed by atoms with Crippen molar-refractivity contribution >= 4 is 42.6 Å². The largest absolute Gasteiger partial charge is 0.352 e. The van der Waals surface area contributed by atoms with Crippen LogP contribution < -0.4 is 10.0 Å². The Morgan fingerprint density at radius 1 is 1.17 bits per heavy atom. The van der Waals surface area contributed by atoms with Crippen LogP contribution in [0, 0.1) is 5.82 Å². The number of benzene rings is 2. The molecule has 2 aromatic carbocycles. The molecule has 3 N–H and O–H groups in total. The normalized spacial score (nSPS) is 11.5. The first kappa shape index (κ1) is 20.0. The van der Waals surface area contributed by atoms with Crippen LogP contribution in [0.4, 0.5) is 9.52 Å². The lowest BCUT2D eigenvalue weighted by Gasteiger charge is -2.04. The number of halogens is 1. The number of amides is 1. The van der Waals surface area contributed by atoms with E-state index in [9.17, 15) is 17.6 Å². The Balaban J connectivity index is 1.46.